The average molecular weight is 442 g/mol. The number of methoxy groups -OCH3 is 1. The topological polar surface area (TPSA) is 116 Å². The molecule has 1 amide bonds. The van der Waals surface area contributed by atoms with Crippen molar-refractivity contribution in [3.05, 3.63) is 69.0 Å². The van der Waals surface area contributed by atoms with E-state index in [0.29, 0.717) is 28.4 Å². The summed E-state index contributed by atoms with van der Waals surface area (Å²) in [7, 11) is 1.55. The fourth-order valence-corrected chi connectivity index (χ4v) is 4.08. The third-order valence-corrected chi connectivity index (χ3v) is 5.67. The van der Waals surface area contributed by atoms with Crippen molar-refractivity contribution in [2.24, 2.45) is 0 Å². The minimum Gasteiger partial charge on any atom is -0.383 e. The molecule has 2 atom stereocenters. The maximum Gasteiger partial charge on any atom is 0.271 e. The highest BCUT2D eigenvalue weighted by atomic mass is 32.2. The SMILES string of the molecule is COCC(C)n1c(SC(C)C(=O)Nc2cccc([N+](=O)[O-])c2)nc2ccccc2c1=O. The van der Waals surface area contributed by atoms with E-state index in [0.717, 1.165) is 11.8 Å². The lowest BCUT2D eigenvalue weighted by atomic mass is 10.2. The van der Waals surface area contributed by atoms with Gasteiger partial charge in [-0.25, -0.2) is 4.98 Å². The fraction of sp³-hybridized carbons (Fsp3) is 0.286. The largest absolute Gasteiger partial charge is 0.383 e. The van der Waals surface area contributed by atoms with Crippen LogP contribution < -0.4 is 10.9 Å². The van der Waals surface area contributed by atoms with Gasteiger partial charge in [-0.3, -0.25) is 24.3 Å². The first-order chi connectivity index (χ1) is 14.8. The van der Waals surface area contributed by atoms with E-state index in [1.54, 1.807) is 44.4 Å². The predicted molar refractivity (Wildman–Crippen MR) is 120 cm³/mol. The van der Waals surface area contributed by atoms with Gasteiger partial charge in [0.25, 0.3) is 11.2 Å². The van der Waals surface area contributed by atoms with E-state index in [4.69, 9.17) is 4.74 Å². The minimum absolute atomic E-state index is 0.114. The summed E-state index contributed by atoms with van der Waals surface area (Å²) in [6.45, 7) is 3.84. The van der Waals surface area contributed by atoms with Gasteiger partial charge in [-0.15, -0.1) is 0 Å². The molecule has 2 unspecified atom stereocenters. The molecule has 0 spiro atoms. The van der Waals surface area contributed by atoms with Crippen molar-refractivity contribution < 1.29 is 14.5 Å². The van der Waals surface area contributed by atoms with Crippen molar-refractivity contribution in [3.8, 4) is 0 Å². The van der Waals surface area contributed by atoms with Crippen molar-refractivity contribution >= 4 is 39.9 Å². The van der Waals surface area contributed by atoms with E-state index in [1.807, 2.05) is 6.92 Å². The lowest BCUT2D eigenvalue weighted by Crippen LogP contribution is -2.30. The molecule has 31 heavy (non-hydrogen) atoms. The molecule has 0 radical (unpaired) electrons. The third kappa shape index (κ3) is 5.09. The number of carbonyl (C=O) groups excluding carboxylic acids is 1. The van der Waals surface area contributed by atoms with Crippen molar-refractivity contribution in [2.45, 2.75) is 30.3 Å². The third-order valence-electron chi connectivity index (χ3n) is 4.60. The van der Waals surface area contributed by atoms with Gasteiger partial charge in [0.2, 0.25) is 5.91 Å². The van der Waals surface area contributed by atoms with Crippen LogP contribution in [-0.2, 0) is 9.53 Å². The van der Waals surface area contributed by atoms with Crippen molar-refractivity contribution in [1.82, 2.24) is 9.55 Å². The Morgan fingerprint density at radius 2 is 2.00 bits per heavy atom. The smallest absolute Gasteiger partial charge is 0.271 e. The molecule has 1 aromatic heterocycles. The van der Waals surface area contributed by atoms with Crippen LogP contribution in [0.2, 0.25) is 0 Å². The molecule has 0 fully saturated rings. The number of hydrogen-bond donors (Lipinski definition) is 1. The summed E-state index contributed by atoms with van der Waals surface area (Å²) in [5.41, 5.74) is 0.547. The number of rotatable bonds is 8. The van der Waals surface area contributed by atoms with Gasteiger partial charge >= 0.3 is 0 Å². The van der Waals surface area contributed by atoms with Crippen LogP contribution in [0.3, 0.4) is 0 Å². The first-order valence-corrected chi connectivity index (χ1v) is 10.4. The molecule has 0 aliphatic heterocycles. The van der Waals surface area contributed by atoms with Crippen molar-refractivity contribution in [2.75, 3.05) is 19.0 Å². The van der Waals surface area contributed by atoms with Crippen LogP contribution in [0.25, 0.3) is 10.9 Å². The highest BCUT2D eigenvalue weighted by Crippen LogP contribution is 2.26. The Kier molecular flexibility index (Phi) is 7.03. The second-order valence-electron chi connectivity index (χ2n) is 6.95. The lowest BCUT2D eigenvalue weighted by molar-refractivity contribution is -0.384. The number of aromatic nitrogens is 2. The summed E-state index contributed by atoms with van der Waals surface area (Å²) in [5.74, 6) is -0.362. The summed E-state index contributed by atoms with van der Waals surface area (Å²) < 4.78 is 6.75. The molecule has 10 heteroatoms. The van der Waals surface area contributed by atoms with E-state index in [2.05, 4.69) is 10.3 Å². The molecule has 3 rings (SSSR count). The fourth-order valence-electron chi connectivity index (χ4n) is 3.07. The van der Waals surface area contributed by atoms with Crippen LogP contribution in [-0.4, -0.2) is 39.3 Å². The highest BCUT2D eigenvalue weighted by molar-refractivity contribution is 8.00. The minimum atomic E-state index is -0.617. The number of hydrogen-bond acceptors (Lipinski definition) is 7. The van der Waals surface area contributed by atoms with Gasteiger partial charge in [-0.05, 0) is 32.0 Å². The number of nitrogens with one attached hydrogen (secondary N) is 1. The number of fused-ring (bicyclic) bond motifs is 1. The van der Waals surface area contributed by atoms with E-state index >= 15 is 0 Å². The molecule has 162 valence electrons. The molecule has 0 saturated carbocycles. The number of amides is 1. The molecular weight excluding hydrogens is 420 g/mol. The van der Waals surface area contributed by atoms with Crippen LogP contribution in [0.15, 0.2) is 58.5 Å². The van der Waals surface area contributed by atoms with Gasteiger partial charge in [0.05, 0.1) is 33.7 Å². The Morgan fingerprint density at radius 1 is 1.26 bits per heavy atom. The van der Waals surface area contributed by atoms with Gasteiger partial charge in [-0.1, -0.05) is 30.0 Å². The first kappa shape index (κ1) is 22.4. The number of anilines is 1. The van der Waals surface area contributed by atoms with Gasteiger partial charge in [0, 0.05) is 24.9 Å². The Morgan fingerprint density at radius 3 is 2.71 bits per heavy atom. The number of carbonyl (C=O) groups is 1. The molecule has 1 N–H and O–H groups in total. The van der Waals surface area contributed by atoms with Crippen LogP contribution in [0.1, 0.15) is 19.9 Å². The second-order valence-corrected chi connectivity index (χ2v) is 8.26. The monoisotopic (exact) mass is 442 g/mol. The molecule has 0 aliphatic rings. The molecule has 1 heterocycles. The van der Waals surface area contributed by atoms with Gasteiger partial charge < -0.3 is 10.1 Å². The van der Waals surface area contributed by atoms with E-state index < -0.39 is 10.2 Å². The molecular formula is C21H22N4O5S. The Balaban J connectivity index is 1.90. The zero-order chi connectivity index (χ0) is 22.5. The molecule has 0 saturated heterocycles. The number of para-hydroxylation sites is 1. The highest BCUT2D eigenvalue weighted by Gasteiger charge is 2.22. The van der Waals surface area contributed by atoms with Gasteiger partial charge in [0.15, 0.2) is 5.16 Å². The summed E-state index contributed by atoms with van der Waals surface area (Å²) in [6.07, 6.45) is 0. The van der Waals surface area contributed by atoms with E-state index in [9.17, 15) is 19.7 Å². The molecule has 9 nitrogen and oxygen atoms in total. The summed E-state index contributed by atoms with van der Waals surface area (Å²) >= 11 is 1.14. The number of thioether (sulfide) groups is 1. The number of nitro groups is 1. The number of nitro benzene ring substituents is 1. The number of benzene rings is 2. The van der Waals surface area contributed by atoms with E-state index in [-0.39, 0.29) is 23.2 Å². The Hall–Kier alpha value is -3.24. The van der Waals surface area contributed by atoms with Gasteiger partial charge in [0.1, 0.15) is 0 Å². The van der Waals surface area contributed by atoms with Crippen LogP contribution in [0.5, 0.6) is 0 Å². The number of nitrogens with zero attached hydrogens (tertiary/aromatic N) is 3. The molecule has 3 aromatic rings. The van der Waals surface area contributed by atoms with Crippen molar-refractivity contribution in [3.63, 3.8) is 0 Å². The summed E-state index contributed by atoms with van der Waals surface area (Å²) in [5, 5.41) is 13.9. The zero-order valence-electron chi connectivity index (χ0n) is 17.3. The molecule has 0 bridgehead atoms. The van der Waals surface area contributed by atoms with E-state index in [1.165, 1.54) is 22.8 Å². The summed E-state index contributed by atoms with van der Waals surface area (Å²) in [6, 6.07) is 12.5. The summed E-state index contributed by atoms with van der Waals surface area (Å²) in [4.78, 5) is 40.8. The second kappa shape index (κ2) is 9.71. The maximum absolute atomic E-state index is 13.1. The quantitative estimate of drug-likeness (QED) is 0.245. The Bertz CT molecular complexity index is 1180. The van der Waals surface area contributed by atoms with Crippen LogP contribution in [0, 0.1) is 10.1 Å². The zero-order valence-corrected chi connectivity index (χ0v) is 18.1. The number of non-ortho nitro benzene ring substituents is 1. The standard InChI is InChI=1S/C21H22N4O5S/c1-13(12-30-3)24-20(27)17-9-4-5-10-18(17)23-21(24)31-14(2)19(26)22-15-7-6-8-16(11-15)25(28)29/h4-11,13-14H,12H2,1-3H3,(H,22,26). The van der Waals surface area contributed by atoms with Gasteiger partial charge in [-0.2, -0.15) is 0 Å². The predicted octanol–water partition coefficient (Wildman–Crippen LogP) is 3.63. The van der Waals surface area contributed by atoms with Crippen LogP contribution >= 0.6 is 11.8 Å². The Labute approximate surface area is 182 Å². The van der Waals surface area contributed by atoms with Crippen LogP contribution in [0.4, 0.5) is 11.4 Å². The normalized spacial score (nSPS) is 13.0. The number of ether oxygens (including phenoxy) is 1. The molecule has 0 aliphatic carbocycles. The lowest BCUT2D eigenvalue weighted by Gasteiger charge is -2.20. The molecule has 2 aromatic carbocycles. The van der Waals surface area contributed by atoms with Crippen molar-refractivity contribution in [1.29, 1.82) is 0 Å². The maximum atomic E-state index is 13.1. The average Bonchev–Trinajstić information content (AvgIpc) is 2.74. The first-order valence-electron chi connectivity index (χ1n) is 9.54.